The van der Waals surface area contributed by atoms with Crippen LogP contribution in [0.15, 0.2) is 24.3 Å². The van der Waals surface area contributed by atoms with Crippen molar-refractivity contribution in [3.63, 3.8) is 0 Å². The molecule has 1 aromatic carbocycles. The van der Waals surface area contributed by atoms with E-state index in [0.717, 1.165) is 26.1 Å². The number of para-hydroxylation sites is 2. The van der Waals surface area contributed by atoms with Crippen LogP contribution in [0.2, 0.25) is 0 Å². The van der Waals surface area contributed by atoms with Gasteiger partial charge in [-0.05, 0) is 32.0 Å². The number of fused-ring (bicyclic) bond motifs is 1. The number of nitrogens with zero attached hydrogens (tertiary/aromatic N) is 2. The molecule has 1 fully saturated rings. The lowest BCUT2D eigenvalue weighted by atomic mass is 10.2. The fraction of sp³-hybridized carbons (Fsp3) is 0.500. The summed E-state index contributed by atoms with van der Waals surface area (Å²) in [4.78, 5) is 28.3. The van der Waals surface area contributed by atoms with Crippen molar-refractivity contribution in [3.05, 3.63) is 24.3 Å². The van der Waals surface area contributed by atoms with Gasteiger partial charge in [-0.25, -0.2) is 0 Å². The first kappa shape index (κ1) is 14.8. The second-order valence-electron chi connectivity index (χ2n) is 5.64. The SMILES string of the molecule is CC1Oc2ccccc2N(CC(=O)N2CCCNCC2)C1=O. The van der Waals surface area contributed by atoms with Crippen LogP contribution < -0.4 is 15.0 Å². The molecule has 2 heterocycles. The summed E-state index contributed by atoms with van der Waals surface area (Å²) in [6, 6.07) is 7.35. The number of nitrogens with one attached hydrogen (secondary N) is 1. The Morgan fingerprint density at radius 2 is 2.14 bits per heavy atom. The molecule has 3 rings (SSSR count). The molecule has 1 saturated heterocycles. The van der Waals surface area contributed by atoms with Crippen molar-refractivity contribution in [1.29, 1.82) is 0 Å². The minimum Gasteiger partial charge on any atom is -0.479 e. The molecule has 0 aromatic heterocycles. The number of amides is 2. The smallest absolute Gasteiger partial charge is 0.268 e. The summed E-state index contributed by atoms with van der Waals surface area (Å²) < 4.78 is 5.60. The molecule has 0 spiro atoms. The minimum atomic E-state index is -0.562. The second kappa shape index (κ2) is 6.36. The Hall–Kier alpha value is -2.08. The van der Waals surface area contributed by atoms with Crippen molar-refractivity contribution in [1.82, 2.24) is 10.2 Å². The van der Waals surface area contributed by atoms with E-state index >= 15 is 0 Å². The van der Waals surface area contributed by atoms with Crippen LogP contribution in [0.3, 0.4) is 0 Å². The fourth-order valence-electron chi connectivity index (χ4n) is 2.85. The van der Waals surface area contributed by atoms with Crippen molar-refractivity contribution in [2.45, 2.75) is 19.4 Å². The number of carbonyl (C=O) groups excluding carboxylic acids is 2. The van der Waals surface area contributed by atoms with E-state index in [1.54, 1.807) is 11.8 Å². The number of carbonyl (C=O) groups is 2. The topological polar surface area (TPSA) is 61.9 Å². The summed E-state index contributed by atoms with van der Waals surface area (Å²) in [7, 11) is 0. The maximum absolute atomic E-state index is 12.5. The van der Waals surface area contributed by atoms with Crippen molar-refractivity contribution >= 4 is 17.5 Å². The Morgan fingerprint density at radius 1 is 1.32 bits per heavy atom. The standard InChI is InChI=1S/C16H21N3O3/c1-12-16(21)19(13-5-2-3-6-14(13)22-12)11-15(20)18-9-4-7-17-8-10-18/h2-3,5-6,12,17H,4,7-11H2,1H3. The molecule has 0 aliphatic carbocycles. The first-order valence-corrected chi connectivity index (χ1v) is 7.72. The lowest BCUT2D eigenvalue weighted by Crippen LogP contribution is -2.50. The van der Waals surface area contributed by atoms with Gasteiger partial charge in [0.1, 0.15) is 12.3 Å². The number of hydrogen-bond donors (Lipinski definition) is 1. The molecule has 1 aromatic rings. The molecule has 22 heavy (non-hydrogen) atoms. The first-order chi connectivity index (χ1) is 10.7. The normalized spacial score (nSPS) is 21.9. The van der Waals surface area contributed by atoms with Crippen molar-refractivity contribution < 1.29 is 14.3 Å². The van der Waals surface area contributed by atoms with Gasteiger partial charge in [-0.2, -0.15) is 0 Å². The molecule has 6 heteroatoms. The third-order valence-electron chi connectivity index (χ3n) is 4.06. The zero-order chi connectivity index (χ0) is 15.5. The quantitative estimate of drug-likeness (QED) is 0.870. The lowest BCUT2D eigenvalue weighted by Gasteiger charge is -2.33. The van der Waals surface area contributed by atoms with Gasteiger partial charge in [0.25, 0.3) is 5.91 Å². The van der Waals surface area contributed by atoms with Gasteiger partial charge in [0, 0.05) is 19.6 Å². The van der Waals surface area contributed by atoms with Crippen LogP contribution in [0.5, 0.6) is 5.75 Å². The van der Waals surface area contributed by atoms with Crippen molar-refractivity contribution in [2.75, 3.05) is 37.6 Å². The Balaban J connectivity index is 1.78. The summed E-state index contributed by atoms with van der Waals surface area (Å²) in [5.74, 6) is 0.473. The average Bonchev–Trinajstić information content (AvgIpc) is 2.81. The van der Waals surface area contributed by atoms with Gasteiger partial charge in [0.15, 0.2) is 6.10 Å². The molecule has 6 nitrogen and oxygen atoms in total. The highest BCUT2D eigenvalue weighted by atomic mass is 16.5. The highest BCUT2D eigenvalue weighted by molar-refractivity contribution is 6.03. The van der Waals surface area contributed by atoms with Gasteiger partial charge >= 0.3 is 0 Å². The molecule has 0 bridgehead atoms. The molecule has 2 aliphatic rings. The predicted molar refractivity (Wildman–Crippen MR) is 83.0 cm³/mol. The van der Waals surface area contributed by atoms with E-state index in [2.05, 4.69) is 5.32 Å². The van der Waals surface area contributed by atoms with E-state index in [1.807, 2.05) is 29.2 Å². The van der Waals surface area contributed by atoms with E-state index in [4.69, 9.17) is 4.74 Å². The van der Waals surface area contributed by atoms with Gasteiger partial charge in [0.05, 0.1) is 5.69 Å². The van der Waals surface area contributed by atoms with E-state index in [1.165, 1.54) is 0 Å². The molecular weight excluding hydrogens is 282 g/mol. The Kier molecular flexibility index (Phi) is 4.29. The van der Waals surface area contributed by atoms with Crippen LogP contribution in [-0.4, -0.2) is 55.5 Å². The summed E-state index contributed by atoms with van der Waals surface area (Å²) >= 11 is 0. The summed E-state index contributed by atoms with van der Waals surface area (Å²) in [5.41, 5.74) is 0.673. The predicted octanol–water partition coefficient (Wildman–Crippen LogP) is 0.622. The Morgan fingerprint density at radius 3 is 3.00 bits per heavy atom. The van der Waals surface area contributed by atoms with Gasteiger partial charge in [-0.15, -0.1) is 0 Å². The number of rotatable bonds is 2. The van der Waals surface area contributed by atoms with E-state index in [-0.39, 0.29) is 18.4 Å². The second-order valence-corrected chi connectivity index (χ2v) is 5.64. The molecule has 0 radical (unpaired) electrons. The summed E-state index contributed by atoms with van der Waals surface area (Å²) in [6.45, 7) is 4.95. The monoisotopic (exact) mass is 303 g/mol. The number of benzene rings is 1. The minimum absolute atomic E-state index is 0.0130. The zero-order valence-electron chi connectivity index (χ0n) is 12.7. The number of hydrogen-bond acceptors (Lipinski definition) is 4. The molecule has 2 amide bonds. The van der Waals surface area contributed by atoms with Crippen LogP contribution in [0.1, 0.15) is 13.3 Å². The molecule has 1 atom stereocenters. The van der Waals surface area contributed by atoms with Crippen LogP contribution >= 0.6 is 0 Å². The fourth-order valence-corrected chi connectivity index (χ4v) is 2.85. The molecule has 1 N–H and O–H groups in total. The maximum Gasteiger partial charge on any atom is 0.268 e. The van der Waals surface area contributed by atoms with Gasteiger partial charge < -0.3 is 15.0 Å². The van der Waals surface area contributed by atoms with E-state index < -0.39 is 6.10 Å². The van der Waals surface area contributed by atoms with Gasteiger partial charge in [0.2, 0.25) is 5.91 Å². The zero-order valence-corrected chi connectivity index (χ0v) is 12.7. The summed E-state index contributed by atoms with van der Waals surface area (Å²) in [6.07, 6.45) is 0.379. The average molecular weight is 303 g/mol. The Labute approximate surface area is 130 Å². The molecule has 2 aliphatic heterocycles. The molecular formula is C16H21N3O3. The van der Waals surface area contributed by atoms with Crippen LogP contribution in [-0.2, 0) is 9.59 Å². The number of ether oxygens (including phenoxy) is 1. The molecule has 1 unspecified atom stereocenters. The molecule has 0 saturated carbocycles. The van der Waals surface area contributed by atoms with Gasteiger partial charge in [-0.3, -0.25) is 14.5 Å². The van der Waals surface area contributed by atoms with E-state index in [9.17, 15) is 9.59 Å². The van der Waals surface area contributed by atoms with Crippen LogP contribution in [0.4, 0.5) is 5.69 Å². The Bertz CT molecular complexity index is 568. The van der Waals surface area contributed by atoms with Gasteiger partial charge in [-0.1, -0.05) is 12.1 Å². The molecule has 118 valence electrons. The van der Waals surface area contributed by atoms with Crippen molar-refractivity contribution in [3.8, 4) is 5.75 Å². The third-order valence-corrected chi connectivity index (χ3v) is 4.06. The van der Waals surface area contributed by atoms with Crippen LogP contribution in [0, 0.1) is 0 Å². The number of anilines is 1. The lowest BCUT2D eigenvalue weighted by molar-refractivity contribution is -0.133. The largest absolute Gasteiger partial charge is 0.479 e. The van der Waals surface area contributed by atoms with E-state index in [0.29, 0.717) is 18.0 Å². The van der Waals surface area contributed by atoms with Crippen LogP contribution in [0.25, 0.3) is 0 Å². The summed E-state index contributed by atoms with van der Waals surface area (Å²) in [5, 5.41) is 3.27. The highest BCUT2D eigenvalue weighted by Gasteiger charge is 2.33. The van der Waals surface area contributed by atoms with Crippen molar-refractivity contribution in [2.24, 2.45) is 0 Å². The highest BCUT2D eigenvalue weighted by Crippen LogP contribution is 2.33. The first-order valence-electron chi connectivity index (χ1n) is 7.72. The third kappa shape index (κ3) is 2.92. The maximum atomic E-state index is 12.5.